The fraction of sp³-hybridized carbons (Fsp3) is 0.625. The standard InChI is InChI=1S/C16H23F3/c1-14(2,3)10-11-7-8-12(16(17,18)19)9-13(11)15(4,5)6/h7-9H,10H2,1-6H3/i7D,8D,10D2. The summed E-state index contributed by atoms with van der Waals surface area (Å²) in [5.74, 6) is 0. The Bertz CT molecular complexity index is 606. The van der Waals surface area contributed by atoms with Crippen LogP contribution in [0.2, 0.25) is 0 Å². The van der Waals surface area contributed by atoms with Crippen molar-refractivity contribution >= 4 is 0 Å². The Morgan fingerprint density at radius 3 is 1.95 bits per heavy atom. The molecule has 3 heteroatoms. The van der Waals surface area contributed by atoms with Crippen molar-refractivity contribution in [2.45, 2.75) is 59.5 Å². The van der Waals surface area contributed by atoms with Crippen LogP contribution >= 0.6 is 0 Å². The molecule has 0 saturated heterocycles. The maximum absolute atomic E-state index is 13.2. The van der Waals surface area contributed by atoms with Gasteiger partial charge in [0, 0.05) is 2.74 Å². The molecular formula is C16H23F3. The lowest BCUT2D eigenvalue weighted by molar-refractivity contribution is -0.137. The first kappa shape index (κ1) is 10.8. The maximum atomic E-state index is 13.2. The van der Waals surface area contributed by atoms with E-state index in [-0.39, 0.29) is 11.1 Å². The molecule has 1 rings (SSSR count). The SMILES string of the molecule is [2H]c1c(C(F)(F)F)cc(C(C)(C)C)c(C([2H])([2H])C(C)(C)C)c1[2H]. The highest BCUT2D eigenvalue weighted by Gasteiger charge is 2.32. The predicted molar refractivity (Wildman–Crippen MR) is 73.3 cm³/mol. The van der Waals surface area contributed by atoms with Gasteiger partial charge in [-0.25, -0.2) is 0 Å². The van der Waals surface area contributed by atoms with Crippen LogP contribution in [-0.2, 0) is 18.0 Å². The maximum Gasteiger partial charge on any atom is 0.416 e. The quantitative estimate of drug-likeness (QED) is 0.627. The highest BCUT2D eigenvalue weighted by molar-refractivity contribution is 5.38. The summed E-state index contributed by atoms with van der Waals surface area (Å²) in [6.45, 7) is 9.90. The molecule has 0 saturated carbocycles. The summed E-state index contributed by atoms with van der Waals surface area (Å²) >= 11 is 0. The highest BCUT2D eigenvalue weighted by atomic mass is 19.4. The van der Waals surface area contributed by atoms with Gasteiger partial charge in [0.2, 0.25) is 0 Å². The number of hydrogen-bond acceptors (Lipinski definition) is 0. The molecule has 0 unspecified atom stereocenters. The van der Waals surface area contributed by atoms with Gasteiger partial charge in [-0.3, -0.25) is 0 Å². The van der Waals surface area contributed by atoms with Crippen LogP contribution in [0.1, 0.15) is 63.7 Å². The van der Waals surface area contributed by atoms with Crippen LogP contribution in [0.3, 0.4) is 0 Å². The van der Waals surface area contributed by atoms with Crippen molar-refractivity contribution in [2.24, 2.45) is 5.41 Å². The molecule has 0 aliphatic rings. The summed E-state index contributed by atoms with van der Waals surface area (Å²) in [4.78, 5) is 0. The first-order valence-electron chi connectivity index (χ1n) is 8.14. The average Bonchev–Trinajstić information content (AvgIpc) is 2.27. The lowest BCUT2D eigenvalue weighted by atomic mass is 9.78. The molecule has 108 valence electrons. The van der Waals surface area contributed by atoms with E-state index < -0.39 is 41.0 Å². The Morgan fingerprint density at radius 2 is 1.58 bits per heavy atom. The molecule has 0 heterocycles. The van der Waals surface area contributed by atoms with Crippen LogP contribution in [0.4, 0.5) is 13.2 Å². The van der Waals surface area contributed by atoms with Crippen molar-refractivity contribution < 1.29 is 18.7 Å². The van der Waals surface area contributed by atoms with E-state index in [1.165, 1.54) is 0 Å². The molecule has 0 aromatic heterocycles. The second-order valence-corrected chi connectivity index (χ2v) is 6.72. The van der Waals surface area contributed by atoms with E-state index in [0.717, 1.165) is 6.07 Å². The average molecular weight is 276 g/mol. The van der Waals surface area contributed by atoms with Crippen molar-refractivity contribution in [1.29, 1.82) is 0 Å². The van der Waals surface area contributed by atoms with Crippen molar-refractivity contribution in [1.82, 2.24) is 0 Å². The summed E-state index contributed by atoms with van der Waals surface area (Å²) in [5.41, 5.74) is -2.94. The summed E-state index contributed by atoms with van der Waals surface area (Å²) in [6.07, 6.45) is -6.80. The second-order valence-electron chi connectivity index (χ2n) is 6.72. The van der Waals surface area contributed by atoms with Gasteiger partial charge in [-0.2, -0.15) is 13.2 Å². The zero-order valence-corrected chi connectivity index (χ0v) is 12.2. The first-order chi connectivity index (χ1) is 9.92. The van der Waals surface area contributed by atoms with E-state index in [1.807, 2.05) is 0 Å². The van der Waals surface area contributed by atoms with Crippen LogP contribution in [-0.4, -0.2) is 0 Å². The van der Waals surface area contributed by atoms with Gasteiger partial charge in [0.05, 0.1) is 8.30 Å². The summed E-state index contributed by atoms with van der Waals surface area (Å²) < 4.78 is 72.0. The van der Waals surface area contributed by atoms with Gasteiger partial charge < -0.3 is 0 Å². The third kappa shape index (κ3) is 4.55. The minimum absolute atomic E-state index is 0.116. The van der Waals surface area contributed by atoms with E-state index in [9.17, 15) is 13.2 Å². The lowest BCUT2D eigenvalue weighted by Crippen LogP contribution is -2.20. The Balaban J connectivity index is 3.96. The van der Waals surface area contributed by atoms with Crippen molar-refractivity contribution in [3.63, 3.8) is 0 Å². The lowest BCUT2D eigenvalue weighted by Gasteiger charge is -2.28. The molecule has 0 bridgehead atoms. The van der Waals surface area contributed by atoms with Gasteiger partial charge in [-0.05, 0) is 40.4 Å². The predicted octanol–water partition coefficient (Wildman–Crippen LogP) is 5.59. The van der Waals surface area contributed by atoms with Crippen LogP contribution in [0.15, 0.2) is 18.2 Å². The van der Waals surface area contributed by atoms with Crippen molar-refractivity contribution in [3.05, 3.63) is 34.8 Å². The smallest absolute Gasteiger partial charge is 0.166 e. The molecule has 19 heavy (non-hydrogen) atoms. The molecule has 0 aliphatic carbocycles. The van der Waals surface area contributed by atoms with E-state index in [2.05, 4.69) is 0 Å². The Kier molecular flexibility index (Phi) is 2.74. The number of rotatable bonds is 1. The number of benzene rings is 1. The molecule has 0 nitrogen and oxygen atoms in total. The summed E-state index contributed by atoms with van der Waals surface area (Å²) in [7, 11) is 0. The largest absolute Gasteiger partial charge is 0.416 e. The van der Waals surface area contributed by atoms with Crippen molar-refractivity contribution in [2.75, 3.05) is 0 Å². The molecule has 0 N–H and O–H groups in total. The van der Waals surface area contributed by atoms with Gasteiger partial charge in [0.15, 0.2) is 0 Å². The first-order valence-corrected chi connectivity index (χ1v) is 6.14. The molecular weight excluding hydrogens is 249 g/mol. The molecule has 0 amide bonds. The Hall–Kier alpha value is -0.990. The molecule has 0 radical (unpaired) electrons. The van der Waals surface area contributed by atoms with Crippen LogP contribution in [0, 0.1) is 5.41 Å². The normalized spacial score (nSPS) is 17.5. The fourth-order valence-corrected chi connectivity index (χ4v) is 1.67. The van der Waals surface area contributed by atoms with Crippen molar-refractivity contribution in [3.8, 4) is 0 Å². The van der Waals surface area contributed by atoms with Gasteiger partial charge in [0.25, 0.3) is 0 Å². The molecule has 0 aliphatic heterocycles. The molecule has 1 aromatic carbocycles. The minimum Gasteiger partial charge on any atom is -0.166 e. The molecule has 0 fully saturated rings. The summed E-state index contributed by atoms with van der Waals surface area (Å²) in [5, 5.41) is 0. The van der Waals surface area contributed by atoms with E-state index in [4.69, 9.17) is 5.48 Å². The van der Waals surface area contributed by atoms with Gasteiger partial charge in [-0.15, -0.1) is 0 Å². The minimum atomic E-state index is -4.75. The fourth-order valence-electron chi connectivity index (χ4n) is 1.67. The second kappa shape index (κ2) is 4.84. The third-order valence-corrected chi connectivity index (χ3v) is 2.49. The number of hydrogen-bond donors (Lipinski definition) is 0. The topological polar surface area (TPSA) is 0 Å². The summed E-state index contributed by atoms with van der Waals surface area (Å²) in [6, 6.07) is -0.836. The molecule has 0 spiro atoms. The van der Waals surface area contributed by atoms with Gasteiger partial charge >= 0.3 is 6.18 Å². The van der Waals surface area contributed by atoms with E-state index >= 15 is 0 Å². The number of halogens is 3. The Morgan fingerprint density at radius 1 is 1.05 bits per heavy atom. The van der Waals surface area contributed by atoms with Crippen LogP contribution in [0.25, 0.3) is 0 Å². The number of alkyl halides is 3. The molecule has 1 aromatic rings. The van der Waals surface area contributed by atoms with E-state index in [1.54, 1.807) is 41.5 Å². The van der Waals surface area contributed by atoms with Crippen LogP contribution in [0.5, 0.6) is 0 Å². The van der Waals surface area contributed by atoms with Gasteiger partial charge in [0.1, 0.15) is 0 Å². The van der Waals surface area contributed by atoms with Gasteiger partial charge in [-0.1, -0.05) is 47.6 Å². The van der Waals surface area contributed by atoms with Crippen LogP contribution < -0.4 is 0 Å². The Labute approximate surface area is 119 Å². The monoisotopic (exact) mass is 276 g/mol. The third-order valence-electron chi connectivity index (χ3n) is 2.49. The highest BCUT2D eigenvalue weighted by Crippen LogP contribution is 2.36. The van der Waals surface area contributed by atoms with E-state index in [0.29, 0.717) is 0 Å². The molecule has 0 atom stereocenters. The zero-order chi connectivity index (χ0) is 18.6. The zero-order valence-electron chi connectivity index (χ0n) is 16.2.